The summed E-state index contributed by atoms with van der Waals surface area (Å²) in [5, 5.41) is 11.0. The van der Waals surface area contributed by atoms with Crippen molar-refractivity contribution >= 4 is 23.4 Å². The van der Waals surface area contributed by atoms with Crippen LogP contribution in [0.3, 0.4) is 0 Å². The maximum Gasteiger partial charge on any atom is 0.328 e. The van der Waals surface area contributed by atoms with Crippen LogP contribution < -0.4 is 4.74 Å². The van der Waals surface area contributed by atoms with Crippen molar-refractivity contribution < 1.29 is 19.0 Å². The van der Waals surface area contributed by atoms with Crippen LogP contribution in [0.1, 0.15) is 30.7 Å². The SMILES string of the molecule is CCc1cc(-c2ccccc2)c(OCCCF)c(-c2ccsc2/C=C/C(C)=C/C(=O)O)c1. The van der Waals surface area contributed by atoms with Gasteiger partial charge in [-0.05, 0) is 59.7 Å². The lowest BCUT2D eigenvalue weighted by Gasteiger charge is -2.18. The minimum absolute atomic E-state index is 0.296. The molecule has 5 heteroatoms. The normalized spacial score (nSPS) is 11.8. The van der Waals surface area contributed by atoms with Crippen molar-refractivity contribution in [2.75, 3.05) is 13.3 Å². The van der Waals surface area contributed by atoms with Gasteiger partial charge in [0, 0.05) is 34.1 Å². The van der Waals surface area contributed by atoms with E-state index in [1.54, 1.807) is 24.3 Å². The Balaban J connectivity index is 2.15. The van der Waals surface area contributed by atoms with Crippen LogP contribution >= 0.6 is 11.3 Å². The first kappa shape index (κ1) is 23.5. The van der Waals surface area contributed by atoms with Crippen molar-refractivity contribution in [1.82, 2.24) is 0 Å². The molecule has 0 atom stereocenters. The average Bonchev–Trinajstić information content (AvgIpc) is 3.26. The average molecular weight is 451 g/mol. The summed E-state index contributed by atoms with van der Waals surface area (Å²) < 4.78 is 19.0. The molecule has 0 saturated heterocycles. The fraction of sp³-hybridized carbons (Fsp3) is 0.222. The maximum absolute atomic E-state index is 12.8. The summed E-state index contributed by atoms with van der Waals surface area (Å²) in [5.74, 6) is -0.224. The molecular formula is C27H27FO3S. The van der Waals surface area contributed by atoms with Crippen molar-refractivity contribution in [3.8, 4) is 28.0 Å². The highest BCUT2D eigenvalue weighted by Crippen LogP contribution is 2.43. The molecule has 32 heavy (non-hydrogen) atoms. The fourth-order valence-corrected chi connectivity index (χ4v) is 4.23. The lowest BCUT2D eigenvalue weighted by molar-refractivity contribution is -0.131. The van der Waals surface area contributed by atoms with Gasteiger partial charge < -0.3 is 9.84 Å². The topological polar surface area (TPSA) is 46.5 Å². The summed E-state index contributed by atoms with van der Waals surface area (Å²) in [4.78, 5) is 11.9. The van der Waals surface area contributed by atoms with Gasteiger partial charge in [0.25, 0.3) is 0 Å². The van der Waals surface area contributed by atoms with Gasteiger partial charge in [-0.3, -0.25) is 4.39 Å². The number of ether oxygens (including phenoxy) is 1. The summed E-state index contributed by atoms with van der Waals surface area (Å²) in [7, 11) is 0. The summed E-state index contributed by atoms with van der Waals surface area (Å²) in [6, 6.07) is 16.4. The Bertz CT molecular complexity index is 1110. The molecule has 0 amide bonds. The predicted octanol–water partition coefficient (Wildman–Crippen LogP) is 7.43. The van der Waals surface area contributed by atoms with Gasteiger partial charge in [0.1, 0.15) is 5.75 Å². The van der Waals surface area contributed by atoms with Crippen molar-refractivity contribution in [1.29, 1.82) is 0 Å². The van der Waals surface area contributed by atoms with Gasteiger partial charge in [-0.1, -0.05) is 43.3 Å². The molecule has 3 aromatic rings. The first-order valence-corrected chi connectivity index (χ1v) is 11.5. The second-order valence-corrected chi connectivity index (χ2v) is 8.34. The highest BCUT2D eigenvalue weighted by atomic mass is 32.1. The Morgan fingerprint density at radius 3 is 2.56 bits per heavy atom. The van der Waals surface area contributed by atoms with E-state index >= 15 is 0 Å². The zero-order valence-electron chi connectivity index (χ0n) is 18.3. The van der Waals surface area contributed by atoms with Crippen LogP contribution in [0.5, 0.6) is 5.75 Å². The van der Waals surface area contributed by atoms with Gasteiger partial charge in [-0.25, -0.2) is 4.79 Å². The number of rotatable bonds is 10. The van der Waals surface area contributed by atoms with Gasteiger partial charge in [-0.2, -0.15) is 0 Å². The first-order valence-electron chi connectivity index (χ1n) is 10.6. The molecule has 0 fully saturated rings. The quantitative estimate of drug-likeness (QED) is 0.198. The van der Waals surface area contributed by atoms with Crippen molar-refractivity contribution in [3.63, 3.8) is 0 Å². The highest BCUT2D eigenvalue weighted by Gasteiger charge is 2.18. The molecule has 0 aliphatic rings. The van der Waals surface area contributed by atoms with Gasteiger partial charge in [-0.15, -0.1) is 11.3 Å². The van der Waals surface area contributed by atoms with Gasteiger partial charge >= 0.3 is 5.97 Å². The molecular weight excluding hydrogens is 423 g/mol. The Hall–Kier alpha value is -3.18. The van der Waals surface area contributed by atoms with Crippen LogP contribution in [0, 0.1) is 0 Å². The molecule has 0 spiro atoms. The number of carbonyl (C=O) groups is 1. The lowest BCUT2D eigenvalue weighted by Crippen LogP contribution is -2.02. The molecule has 166 valence electrons. The number of carboxylic acid groups (broad SMARTS) is 1. The van der Waals surface area contributed by atoms with E-state index in [2.05, 4.69) is 31.2 Å². The number of halogens is 1. The number of carboxylic acids is 1. The van der Waals surface area contributed by atoms with E-state index in [1.165, 1.54) is 11.6 Å². The molecule has 1 aromatic heterocycles. The second kappa shape index (κ2) is 11.4. The zero-order chi connectivity index (χ0) is 22.9. The number of alkyl halides is 1. The molecule has 0 bridgehead atoms. The number of thiophene rings is 1. The van der Waals surface area contributed by atoms with Crippen molar-refractivity contribution in [2.24, 2.45) is 0 Å². The highest BCUT2D eigenvalue weighted by molar-refractivity contribution is 7.11. The standard InChI is InChI=1S/C27H27FO3S/c1-3-20-17-23(21-8-5-4-6-9-21)27(31-14-7-13-28)24(18-20)22-12-15-32-25(22)11-10-19(2)16-26(29)30/h4-6,8-12,15-18H,3,7,13-14H2,1-2H3,(H,29,30)/b11-10+,19-16+. The summed E-state index contributed by atoms with van der Waals surface area (Å²) in [5.41, 5.74) is 5.84. The van der Waals surface area contributed by atoms with E-state index in [-0.39, 0.29) is 0 Å². The smallest absolute Gasteiger partial charge is 0.328 e. The summed E-state index contributed by atoms with van der Waals surface area (Å²) >= 11 is 1.58. The number of hydrogen-bond acceptors (Lipinski definition) is 3. The molecule has 3 nitrogen and oxygen atoms in total. The van der Waals surface area contributed by atoms with Gasteiger partial charge in [0.15, 0.2) is 0 Å². The molecule has 1 heterocycles. The van der Waals surface area contributed by atoms with E-state index in [9.17, 15) is 9.18 Å². The van der Waals surface area contributed by atoms with E-state index in [4.69, 9.17) is 9.84 Å². The molecule has 2 aromatic carbocycles. The van der Waals surface area contributed by atoms with Crippen LogP contribution in [0.2, 0.25) is 0 Å². The molecule has 0 saturated carbocycles. The fourth-order valence-electron chi connectivity index (χ4n) is 3.43. The monoisotopic (exact) mass is 450 g/mol. The third kappa shape index (κ3) is 5.95. The lowest BCUT2D eigenvalue weighted by atomic mass is 9.93. The maximum atomic E-state index is 12.8. The summed E-state index contributed by atoms with van der Waals surface area (Å²) in [6.07, 6.45) is 6.11. The van der Waals surface area contributed by atoms with Crippen LogP contribution in [0.25, 0.3) is 28.3 Å². The van der Waals surface area contributed by atoms with Crippen LogP contribution in [0.15, 0.2) is 71.6 Å². The number of benzene rings is 2. The molecule has 0 aliphatic carbocycles. The van der Waals surface area contributed by atoms with E-state index in [1.807, 2.05) is 35.7 Å². The Morgan fingerprint density at radius 1 is 1.12 bits per heavy atom. The summed E-state index contributed by atoms with van der Waals surface area (Å²) in [6.45, 7) is 3.75. The molecule has 1 N–H and O–H groups in total. The minimum atomic E-state index is -0.967. The van der Waals surface area contributed by atoms with Crippen molar-refractivity contribution in [2.45, 2.75) is 26.7 Å². The minimum Gasteiger partial charge on any atom is -0.492 e. The van der Waals surface area contributed by atoms with E-state index in [0.717, 1.165) is 39.3 Å². The van der Waals surface area contributed by atoms with E-state index in [0.29, 0.717) is 18.6 Å². The first-order chi connectivity index (χ1) is 15.5. The van der Waals surface area contributed by atoms with Crippen LogP contribution in [0.4, 0.5) is 4.39 Å². The number of aryl methyl sites for hydroxylation is 1. The predicted molar refractivity (Wildman–Crippen MR) is 131 cm³/mol. The zero-order valence-corrected chi connectivity index (χ0v) is 19.1. The number of hydrogen-bond donors (Lipinski definition) is 1. The third-order valence-electron chi connectivity index (χ3n) is 5.00. The molecule has 0 radical (unpaired) electrons. The van der Waals surface area contributed by atoms with Crippen LogP contribution in [-0.2, 0) is 11.2 Å². The van der Waals surface area contributed by atoms with E-state index < -0.39 is 12.6 Å². The Labute approximate surface area is 192 Å². The van der Waals surface area contributed by atoms with Crippen molar-refractivity contribution in [3.05, 3.63) is 82.1 Å². The largest absolute Gasteiger partial charge is 0.492 e. The molecule has 3 rings (SSSR count). The third-order valence-corrected chi connectivity index (χ3v) is 5.88. The number of allylic oxidation sites excluding steroid dienone is 2. The van der Waals surface area contributed by atoms with Gasteiger partial charge in [0.05, 0.1) is 13.3 Å². The van der Waals surface area contributed by atoms with Gasteiger partial charge in [0.2, 0.25) is 0 Å². The molecule has 0 unspecified atom stereocenters. The number of aliphatic carboxylic acids is 1. The second-order valence-electron chi connectivity index (χ2n) is 7.39. The Kier molecular flexibility index (Phi) is 8.40. The Morgan fingerprint density at radius 2 is 1.88 bits per heavy atom. The van der Waals surface area contributed by atoms with Crippen LogP contribution in [-0.4, -0.2) is 24.4 Å². The molecule has 0 aliphatic heterocycles.